The lowest BCUT2D eigenvalue weighted by atomic mass is 10.1. The molecule has 4 rings (SSSR count). The number of hydrogen-bond acceptors (Lipinski definition) is 3. The van der Waals surface area contributed by atoms with E-state index in [0.717, 1.165) is 0 Å². The van der Waals surface area contributed by atoms with Crippen molar-refractivity contribution in [2.24, 2.45) is 7.05 Å². The van der Waals surface area contributed by atoms with Crippen molar-refractivity contribution in [3.8, 4) is 0 Å². The van der Waals surface area contributed by atoms with Crippen molar-refractivity contribution < 1.29 is 14.3 Å². The van der Waals surface area contributed by atoms with E-state index in [1.54, 1.807) is 28.8 Å². The molecule has 3 aliphatic rings. The van der Waals surface area contributed by atoms with Gasteiger partial charge in [-0.3, -0.25) is 9.59 Å². The molecule has 0 saturated carbocycles. The summed E-state index contributed by atoms with van der Waals surface area (Å²) in [6.07, 6.45) is 2.75. The number of likely N-dealkylation sites (tertiary alicyclic amines) is 1. The van der Waals surface area contributed by atoms with Crippen LogP contribution in [0.4, 0.5) is 0 Å². The summed E-state index contributed by atoms with van der Waals surface area (Å²) in [5.74, 6) is -0.00339. The van der Waals surface area contributed by atoms with Gasteiger partial charge in [-0.2, -0.15) is 0 Å². The standard InChI is InChI=1S/C14H16ClN3O3/c1-16-8-9(15)6-10(16)13(20)17-3-2-14-11(17)7-12(19)18(14)4-5-21-14/h6,8,11H,2-5,7H2,1H3/t11-,14+/m1/s1. The van der Waals surface area contributed by atoms with Crippen molar-refractivity contribution in [2.75, 3.05) is 19.7 Å². The Balaban J connectivity index is 1.67. The highest BCUT2D eigenvalue weighted by molar-refractivity contribution is 6.31. The lowest BCUT2D eigenvalue weighted by molar-refractivity contribution is -0.136. The van der Waals surface area contributed by atoms with Crippen LogP contribution in [0.3, 0.4) is 0 Å². The molecule has 0 aliphatic carbocycles. The van der Waals surface area contributed by atoms with E-state index in [1.807, 2.05) is 4.90 Å². The first kappa shape index (κ1) is 13.2. The topological polar surface area (TPSA) is 54.8 Å². The zero-order valence-corrected chi connectivity index (χ0v) is 12.5. The first-order valence-electron chi connectivity index (χ1n) is 7.10. The van der Waals surface area contributed by atoms with Gasteiger partial charge in [-0.05, 0) is 6.07 Å². The fourth-order valence-electron chi connectivity index (χ4n) is 3.92. The van der Waals surface area contributed by atoms with Crippen molar-refractivity contribution in [2.45, 2.75) is 24.6 Å². The summed E-state index contributed by atoms with van der Waals surface area (Å²) in [5.41, 5.74) is -0.0391. The lowest BCUT2D eigenvalue weighted by Gasteiger charge is -2.31. The third kappa shape index (κ3) is 1.63. The molecule has 1 aromatic heterocycles. The van der Waals surface area contributed by atoms with E-state index >= 15 is 0 Å². The summed E-state index contributed by atoms with van der Waals surface area (Å²) >= 11 is 5.96. The summed E-state index contributed by atoms with van der Waals surface area (Å²) < 4.78 is 7.61. The second-order valence-corrected chi connectivity index (χ2v) is 6.30. The maximum Gasteiger partial charge on any atom is 0.270 e. The van der Waals surface area contributed by atoms with E-state index < -0.39 is 5.72 Å². The number of ether oxygens (including phenoxy) is 1. The van der Waals surface area contributed by atoms with Gasteiger partial charge in [0, 0.05) is 32.8 Å². The van der Waals surface area contributed by atoms with Crippen molar-refractivity contribution in [3.63, 3.8) is 0 Å². The minimum Gasteiger partial charge on any atom is -0.351 e. The van der Waals surface area contributed by atoms with Gasteiger partial charge < -0.3 is 19.1 Å². The molecular formula is C14H16ClN3O3. The summed E-state index contributed by atoms with van der Waals surface area (Å²) in [7, 11) is 1.79. The zero-order valence-electron chi connectivity index (χ0n) is 11.7. The smallest absolute Gasteiger partial charge is 0.270 e. The Labute approximate surface area is 127 Å². The van der Waals surface area contributed by atoms with Gasteiger partial charge in [0.2, 0.25) is 5.91 Å². The molecule has 1 spiro atoms. The third-order valence-electron chi connectivity index (χ3n) is 4.85. The number of rotatable bonds is 1. The van der Waals surface area contributed by atoms with Gasteiger partial charge in [0.05, 0.1) is 24.1 Å². The van der Waals surface area contributed by atoms with Gasteiger partial charge in [0.15, 0.2) is 5.72 Å². The quantitative estimate of drug-likeness (QED) is 0.773. The van der Waals surface area contributed by atoms with E-state index in [0.29, 0.717) is 43.3 Å². The fraction of sp³-hybridized carbons (Fsp3) is 0.571. The second kappa shape index (κ2) is 4.24. The van der Waals surface area contributed by atoms with Crippen LogP contribution in [0, 0.1) is 0 Å². The second-order valence-electron chi connectivity index (χ2n) is 5.86. The minimum absolute atomic E-state index is 0.0833. The van der Waals surface area contributed by atoms with Crippen LogP contribution >= 0.6 is 11.6 Å². The molecule has 7 heteroatoms. The van der Waals surface area contributed by atoms with E-state index in [2.05, 4.69) is 0 Å². The number of aromatic nitrogens is 1. The predicted octanol–water partition coefficient (Wildman–Crippen LogP) is 0.852. The molecule has 0 aromatic carbocycles. The molecule has 3 aliphatic heterocycles. The van der Waals surface area contributed by atoms with Gasteiger partial charge >= 0.3 is 0 Å². The van der Waals surface area contributed by atoms with Gasteiger partial charge in [0.25, 0.3) is 5.91 Å². The maximum absolute atomic E-state index is 12.8. The number of halogens is 1. The van der Waals surface area contributed by atoms with Gasteiger partial charge in [-0.15, -0.1) is 0 Å². The highest BCUT2D eigenvalue weighted by Crippen LogP contribution is 2.45. The molecule has 0 radical (unpaired) electrons. The number of hydrogen-bond donors (Lipinski definition) is 0. The monoisotopic (exact) mass is 309 g/mol. The number of carbonyl (C=O) groups is 2. The Kier molecular flexibility index (Phi) is 2.65. The fourth-order valence-corrected chi connectivity index (χ4v) is 4.17. The van der Waals surface area contributed by atoms with Gasteiger partial charge in [-0.1, -0.05) is 11.6 Å². The van der Waals surface area contributed by atoms with Crippen molar-refractivity contribution in [1.29, 1.82) is 0 Å². The molecule has 21 heavy (non-hydrogen) atoms. The summed E-state index contributed by atoms with van der Waals surface area (Å²) in [5, 5.41) is 0.538. The Morgan fingerprint density at radius 1 is 1.48 bits per heavy atom. The third-order valence-corrected chi connectivity index (χ3v) is 5.06. The summed E-state index contributed by atoms with van der Waals surface area (Å²) in [6.45, 7) is 1.80. The zero-order chi connectivity index (χ0) is 14.8. The van der Waals surface area contributed by atoms with Crippen LogP contribution in [0.2, 0.25) is 5.02 Å². The highest BCUT2D eigenvalue weighted by Gasteiger charge is 2.63. The molecular weight excluding hydrogens is 294 g/mol. The molecule has 0 unspecified atom stereocenters. The van der Waals surface area contributed by atoms with Crippen LogP contribution < -0.4 is 0 Å². The maximum atomic E-state index is 12.8. The van der Waals surface area contributed by atoms with E-state index in [4.69, 9.17) is 16.3 Å². The van der Waals surface area contributed by atoms with Crippen LogP contribution in [-0.2, 0) is 16.6 Å². The SMILES string of the molecule is Cn1cc(Cl)cc1C(=O)N1CC[C@@]23OCCN2C(=O)C[C@@H]13. The summed E-state index contributed by atoms with van der Waals surface area (Å²) in [4.78, 5) is 28.5. The Bertz CT molecular complexity index is 643. The summed E-state index contributed by atoms with van der Waals surface area (Å²) in [6, 6.07) is 1.48. The lowest BCUT2D eigenvalue weighted by Crippen LogP contribution is -2.48. The molecule has 1 aromatic rings. The van der Waals surface area contributed by atoms with Crippen molar-refractivity contribution >= 4 is 23.4 Å². The van der Waals surface area contributed by atoms with Crippen LogP contribution in [-0.4, -0.2) is 57.6 Å². The number of aryl methyl sites for hydroxylation is 1. The van der Waals surface area contributed by atoms with Crippen molar-refractivity contribution in [1.82, 2.24) is 14.4 Å². The number of carbonyl (C=O) groups excluding carboxylic acids is 2. The molecule has 0 bridgehead atoms. The molecule has 4 heterocycles. The van der Waals surface area contributed by atoms with Gasteiger partial charge in [0.1, 0.15) is 5.69 Å². The Morgan fingerprint density at radius 3 is 3.00 bits per heavy atom. The van der Waals surface area contributed by atoms with E-state index in [9.17, 15) is 9.59 Å². The van der Waals surface area contributed by atoms with E-state index in [1.165, 1.54) is 0 Å². The molecule has 2 atom stereocenters. The number of amides is 2. The van der Waals surface area contributed by atoms with Crippen molar-refractivity contribution in [3.05, 3.63) is 23.0 Å². The van der Waals surface area contributed by atoms with Gasteiger partial charge in [-0.25, -0.2) is 0 Å². The van der Waals surface area contributed by atoms with Crippen LogP contribution in [0.25, 0.3) is 0 Å². The van der Waals surface area contributed by atoms with Crippen LogP contribution in [0.1, 0.15) is 23.3 Å². The molecule has 3 fully saturated rings. The first-order valence-corrected chi connectivity index (χ1v) is 7.48. The molecule has 6 nitrogen and oxygen atoms in total. The van der Waals surface area contributed by atoms with E-state index in [-0.39, 0.29) is 17.9 Å². The molecule has 2 amide bonds. The first-order chi connectivity index (χ1) is 10.0. The average molecular weight is 310 g/mol. The predicted molar refractivity (Wildman–Crippen MR) is 74.9 cm³/mol. The molecule has 112 valence electrons. The molecule has 3 saturated heterocycles. The number of nitrogens with zero attached hydrogens (tertiary/aromatic N) is 3. The minimum atomic E-state index is -0.582. The molecule has 0 N–H and O–H groups in total. The van der Waals surface area contributed by atoms with Crippen LogP contribution in [0.15, 0.2) is 12.3 Å². The Hall–Kier alpha value is -1.53. The normalized spacial score (nSPS) is 31.0. The Morgan fingerprint density at radius 2 is 2.29 bits per heavy atom. The average Bonchev–Trinajstić information content (AvgIpc) is 3.13. The largest absolute Gasteiger partial charge is 0.351 e. The van der Waals surface area contributed by atoms with Crippen LogP contribution in [0.5, 0.6) is 0 Å². The highest BCUT2D eigenvalue weighted by atomic mass is 35.5.